The van der Waals surface area contributed by atoms with Crippen molar-refractivity contribution in [2.75, 3.05) is 5.73 Å². The summed E-state index contributed by atoms with van der Waals surface area (Å²) in [5, 5.41) is 2.97. The summed E-state index contributed by atoms with van der Waals surface area (Å²) in [7, 11) is 0. The summed E-state index contributed by atoms with van der Waals surface area (Å²) < 4.78 is 1.33. The molecule has 5 nitrogen and oxygen atoms in total. The number of anilines is 1. The van der Waals surface area contributed by atoms with Crippen molar-refractivity contribution < 1.29 is 4.79 Å². The third kappa shape index (κ3) is 2.91. The van der Waals surface area contributed by atoms with Crippen LogP contribution in [0.25, 0.3) is 0 Å². The number of pyridine rings is 1. The topological polar surface area (TPSA) is 77.1 Å². The molecule has 0 saturated heterocycles. The highest BCUT2D eigenvalue weighted by molar-refractivity contribution is 5.76. The average molecular weight is 249 g/mol. The first-order chi connectivity index (χ1) is 8.38. The zero-order chi connectivity index (χ0) is 13.3. The van der Waals surface area contributed by atoms with Gasteiger partial charge >= 0.3 is 0 Å². The Bertz CT molecular complexity index is 515. The molecule has 18 heavy (non-hydrogen) atoms. The standard InChI is InChI=1S/C13H19N3O2/c1-13(2,9-3-4-9)15-11(17)8-16-7-10(14)5-6-12(16)18/h5-7,9H,3-4,8,14H2,1-2H3,(H,15,17). The summed E-state index contributed by atoms with van der Waals surface area (Å²) in [6, 6.07) is 2.90. The summed E-state index contributed by atoms with van der Waals surface area (Å²) >= 11 is 0. The van der Waals surface area contributed by atoms with E-state index in [0.29, 0.717) is 11.6 Å². The molecule has 1 fully saturated rings. The largest absolute Gasteiger partial charge is 0.398 e. The normalized spacial score (nSPS) is 15.4. The molecule has 1 aromatic rings. The zero-order valence-electron chi connectivity index (χ0n) is 10.8. The minimum absolute atomic E-state index is 0.0139. The summed E-state index contributed by atoms with van der Waals surface area (Å²) in [6.45, 7) is 4.05. The fraction of sp³-hybridized carbons (Fsp3) is 0.538. The number of rotatable bonds is 4. The van der Waals surface area contributed by atoms with Crippen LogP contribution in [0.1, 0.15) is 26.7 Å². The molecule has 0 radical (unpaired) electrons. The molecule has 1 aromatic heterocycles. The molecule has 5 heteroatoms. The van der Waals surface area contributed by atoms with Crippen LogP contribution in [0.2, 0.25) is 0 Å². The van der Waals surface area contributed by atoms with Crippen molar-refractivity contribution in [2.45, 2.75) is 38.8 Å². The molecule has 1 heterocycles. The first-order valence-corrected chi connectivity index (χ1v) is 6.15. The van der Waals surface area contributed by atoms with Crippen LogP contribution in [0, 0.1) is 5.92 Å². The first-order valence-electron chi connectivity index (χ1n) is 6.15. The highest BCUT2D eigenvalue weighted by Crippen LogP contribution is 2.39. The van der Waals surface area contributed by atoms with E-state index in [2.05, 4.69) is 5.32 Å². The van der Waals surface area contributed by atoms with Crippen LogP contribution in [0.4, 0.5) is 5.69 Å². The van der Waals surface area contributed by atoms with Crippen molar-refractivity contribution >= 4 is 11.6 Å². The Morgan fingerprint density at radius 1 is 1.50 bits per heavy atom. The van der Waals surface area contributed by atoms with Gasteiger partial charge in [-0.15, -0.1) is 0 Å². The molecule has 0 aromatic carbocycles. The van der Waals surface area contributed by atoms with Crippen LogP contribution < -0.4 is 16.6 Å². The molecule has 3 N–H and O–H groups in total. The number of nitrogen functional groups attached to an aromatic ring is 1. The fourth-order valence-corrected chi connectivity index (χ4v) is 2.13. The third-order valence-corrected chi connectivity index (χ3v) is 3.38. The van der Waals surface area contributed by atoms with Gasteiger partial charge in [-0.3, -0.25) is 9.59 Å². The molecule has 0 spiro atoms. The molecule has 1 saturated carbocycles. The highest BCUT2D eigenvalue weighted by Gasteiger charge is 2.38. The minimum atomic E-state index is -0.219. The van der Waals surface area contributed by atoms with Crippen molar-refractivity contribution in [1.82, 2.24) is 9.88 Å². The molecule has 0 atom stereocenters. The van der Waals surface area contributed by atoms with Crippen LogP contribution in [0.5, 0.6) is 0 Å². The lowest BCUT2D eigenvalue weighted by Crippen LogP contribution is -2.47. The summed E-state index contributed by atoms with van der Waals surface area (Å²) in [6.07, 6.45) is 3.81. The van der Waals surface area contributed by atoms with Crippen LogP contribution >= 0.6 is 0 Å². The molecular formula is C13H19N3O2. The Labute approximate surface area is 106 Å². The van der Waals surface area contributed by atoms with Gasteiger partial charge in [-0.25, -0.2) is 0 Å². The van der Waals surface area contributed by atoms with Crippen molar-refractivity contribution in [1.29, 1.82) is 0 Å². The molecule has 0 bridgehead atoms. The second-order valence-electron chi connectivity index (χ2n) is 5.47. The fourth-order valence-electron chi connectivity index (χ4n) is 2.13. The van der Waals surface area contributed by atoms with E-state index in [-0.39, 0.29) is 23.6 Å². The van der Waals surface area contributed by atoms with Gasteiger partial charge in [-0.2, -0.15) is 0 Å². The zero-order valence-corrected chi connectivity index (χ0v) is 10.8. The first kappa shape index (κ1) is 12.7. The van der Waals surface area contributed by atoms with E-state index in [1.165, 1.54) is 22.9 Å². The number of nitrogens with zero attached hydrogens (tertiary/aromatic N) is 1. The molecule has 1 amide bonds. The summed E-state index contributed by atoms with van der Waals surface area (Å²) in [5.74, 6) is 0.401. The Hall–Kier alpha value is -1.78. The lowest BCUT2D eigenvalue weighted by atomic mass is 9.99. The van der Waals surface area contributed by atoms with Gasteiger partial charge in [0.2, 0.25) is 5.91 Å². The minimum Gasteiger partial charge on any atom is -0.398 e. The summed E-state index contributed by atoms with van der Waals surface area (Å²) in [5.41, 5.74) is 5.66. The number of nitrogens with one attached hydrogen (secondary N) is 1. The smallest absolute Gasteiger partial charge is 0.251 e. The number of hydrogen-bond donors (Lipinski definition) is 2. The summed E-state index contributed by atoms with van der Waals surface area (Å²) in [4.78, 5) is 23.5. The molecule has 0 aliphatic heterocycles. The predicted octanol–water partition coefficient (Wildman–Crippen LogP) is 0.735. The number of hydrogen-bond acceptors (Lipinski definition) is 3. The van der Waals surface area contributed by atoms with Crippen molar-refractivity contribution in [3.05, 3.63) is 28.7 Å². The van der Waals surface area contributed by atoms with Gasteiger partial charge in [-0.1, -0.05) is 0 Å². The van der Waals surface area contributed by atoms with Gasteiger partial charge in [0.1, 0.15) is 6.54 Å². The Kier molecular flexibility index (Phi) is 3.15. The second kappa shape index (κ2) is 4.48. The molecule has 0 unspecified atom stereocenters. The lowest BCUT2D eigenvalue weighted by molar-refractivity contribution is -0.123. The van der Waals surface area contributed by atoms with Gasteiger partial charge < -0.3 is 15.6 Å². The molecule has 98 valence electrons. The Morgan fingerprint density at radius 2 is 2.17 bits per heavy atom. The molecule has 2 rings (SSSR count). The van der Waals surface area contributed by atoms with Crippen LogP contribution in [0.3, 0.4) is 0 Å². The van der Waals surface area contributed by atoms with E-state index < -0.39 is 0 Å². The number of nitrogens with two attached hydrogens (primary N) is 1. The van der Waals surface area contributed by atoms with E-state index >= 15 is 0 Å². The Morgan fingerprint density at radius 3 is 2.78 bits per heavy atom. The van der Waals surface area contributed by atoms with E-state index in [4.69, 9.17) is 5.73 Å². The molecular weight excluding hydrogens is 230 g/mol. The molecule has 1 aliphatic carbocycles. The van der Waals surface area contributed by atoms with Crippen LogP contribution in [-0.4, -0.2) is 16.0 Å². The van der Waals surface area contributed by atoms with E-state index in [9.17, 15) is 9.59 Å². The average Bonchev–Trinajstić information content (AvgIpc) is 3.06. The molecule has 1 aliphatic rings. The van der Waals surface area contributed by atoms with Crippen LogP contribution in [0.15, 0.2) is 23.1 Å². The van der Waals surface area contributed by atoms with E-state index in [1.807, 2.05) is 13.8 Å². The quantitative estimate of drug-likeness (QED) is 0.826. The van der Waals surface area contributed by atoms with Crippen molar-refractivity contribution in [3.8, 4) is 0 Å². The maximum absolute atomic E-state index is 11.9. The Balaban J connectivity index is 2.02. The number of aromatic nitrogens is 1. The number of carbonyl (C=O) groups excluding carboxylic acids is 1. The van der Waals surface area contributed by atoms with Gasteiger partial charge in [0, 0.05) is 23.5 Å². The van der Waals surface area contributed by atoms with Gasteiger partial charge in [-0.05, 0) is 38.7 Å². The van der Waals surface area contributed by atoms with Crippen LogP contribution in [-0.2, 0) is 11.3 Å². The second-order valence-corrected chi connectivity index (χ2v) is 5.47. The lowest BCUT2D eigenvalue weighted by Gasteiger charge is -2.26. The number of carbonyl (C=O) groups is 1. The van der Waals surface area contributed by atoms with Crippen molar-refractivity contribution in [3.63, 3.8) is 0 Å². The maximum Gasteiger partial charge on any atom is 0.251 e. The van der Waals surface area contributed by atoms with Gasteiger partial charge in [0.05, 0.1) is 0 Å². The van der Waals surface area contributed by atoms with Crippen molar-refractivity contribution in [2.24, 2.45) is 5.92 Å². The maximum atomic E-state index is 11.9. The van der Waals surface area contributed by atoms with E-state index in [1.54, 1.807) is 0 Å². The number of amides is 1. The van der Waals surface area contributed by atoms with Gasteiger partial charge in [0.25, 0.3) is 5.56 Å². The monoisotopic (exact) mass is 249 g/mol. The van der Waals surface area contributed by atoms with Gasteiger partial charge in [0.15, 0.2) is 0 Å². The van der Waals surface area contributed by atoms with E-state index in [0.717, 1.165) is 12.8 Å². The highest BCUT2D eigenvalue weighted by atomic mass is 16.2. The third-order valence-electron chi connectivity index (χ3n) is 3.38. The predicted molar refractivity (Wildman–Crippen MR) is 70.1 cm³/mol. The SMILES string of the molecule is CC(C)(NC(=O)Cn1cc(N)ccc1=O)C1CC1.